The Hall–Kier alpha value is -2.09. The maximum Gasteiger partial charge on any atom is 0.310 e. The lowest BCUT2D eigenvalue weighted by Gasteiger charge is -2.28. The standard InChI is InChI=1S/C38H64O2/c1-8-9-10-11-12-13-14-15-16-17-18-19-20-21-30-38(37(39)40,31-28-35(6)26-22-24-33(2)3)32-29-36(7)27-23-25-34(4)5/h12-13,15-16,24-25,28-29H,8-11,14,17-23,26-27,30-32H2,1-7H3,(H,39,40). The number of rotatable bonds is 24. The molecule has 0 spiro atoms. The molecule has 0 saturated carbocycles. The van der Waals surface area contributed by atoms with Gasteiger partial charge in [0, 0.05) is 0 Å². The number of aliphatic carboxylic acids is 1. The summed E-state index contributed by atoms with van der Waals surface area (Å²) >= 11 is 0. The van der Waals surface area contributed by atoms with E-state index in [0.717, 1.165) is 57.8 Å². The maximum absolute atomic E-state index is 12.7. The summed E-state index contributed by atoms with van der Waals surface area (Å²) in [4.78, 5) is 12.7. The number of hydrogen-bond donors (Lipinski definition) is 1. The summed E-state index contributed by atoms with van der Waals surface area (Å²) in [7, 11) is 0. The van der Waals surface area contributed by atoms with Crippen LogP contribution < -0.4 is 0 Å². The van der Waals surface area contributed by atoms with Crippen LogP contribution in [0, 0.1) is 5.41 Å². The number of carbonyl (C=O) groups is 1. The van der Waals surface area contributed by atoms with Crippen molar-refractivity contribution in [2.24, 2.45) is 5.41 Å². The van der Waals surface area contributed by atoms with Crippen molar-refractivity contribution in [1.82, 2.24) is 0 Å². The average Bonchev–Trinajstić information content (AvgIpc) is 2.89. The minimum Gasteiger partial charge on any atom is -0.481 e. The van der Waals surface area contributed by atoms with Crippen LogP contribution in [0.2, 0.25) is 0 Å². The van der Waals surface area contributed by atoms with E-state index < -0.39 is 11.4 Å². The molecule has 0 bridgehead atoms. The first-order valence-corrected chi connectivity index (χ1v) is 16.2. The highest BCUT2D eigenvalue weighted by Crippen LogP contribution is 2.36. The van der Waals surface area contributed by atoms with Crippen molar-refractivity contribution in [1.29, 1.82) is 0 Å². The van der Waals surface area contributed by atoms with Gasteiger partial charge in [0.1, 0.15) is 0 Å². The van der Waals surface area contributed by atoms with Gasteiger partial charge in [-0.05, 0) is 119 Å². The minimum absolute atomic E-state index is 0.620. The molecule has 1 N–H and O–H groups in total. The molecule has 0 aliphatic carbocycles. The van der Waals surface area contributed by atoms with Gasteiger partial charge in [0.15, 0.2) is 0 Å². The fourth-order valence-corrected chi connectivity index (χ4v) is 4.79. The minimum atomic E-state index is -0.709. The molecular formula is C38H64O2. The van der Waals surface area contributed by atoms with Crippen molar-refractivity contribution in [2.45, 2.75) is 158 Å². The molecule has 0 fully saturated rings. The SMILES string of the molecule is CCCCCC=CCC=CCCCCCCC(CC=C(C)CCC=C(C)C)(CC=C(C)CCC=C(C)C)C(=O)O. The molecule has 0 atom stereocenters. The van der Waals surface area contributed by atoms with Crippen molar-refractivity contribution in [3.63, 3.8) is 0 Å². The van der Waals surface area contributed by atoms with Crippen LogP contribution >= 0.6 is 0 Å². The molecular weight excluding hydrogens is 488 g/mol. The number of hydrogen-bond acceptors (Lipinski definition) is 1. The Balaban J connectivity index is 4.96. The van der Waals surface area contributed by atoms with Crippen molar-refractivity contribution in [2.75, 3.05) is 0 Å². The van der Waals surface area contributed by atoms with Crippen molar-refractivity contribution in [3.8, 4) is 0 Å². The van der Waals surface area contributed by atoms with Crippen molar-refractivity contribution < 1.29 is 9.90 Å². The fraction of sp³-hybridized carbons (Fsp3) is 0.658. The molecule has 228 valence electrons. The Morgan fingerprint density at radius 1 is 0.600 bits per heavy atom. The molecule has 40 heavy (non-hydrogen) atoms. The van der Waals surface area contributed by atoms with Crippen LogP contribution in [0.1, 0.15) is 158 Å². The van der Waals surface area contributed by atoms with Gasteiger partial charge in [-0.15, -0.1) is 0 Å². The lowest BCUT2D eigenvalue weighted by atomic mass is 9.75. The highest BCUT2D eigenvalue weighted by molar-refractivity contribution is 5.75. The summed E-state index contributed by atoms with van der Waals surface area (Å²) < 4.78 is 0. The largest absolute Gasteiger partial charge is 0.481 e. The first-order chi connectivity index (χ1) is 19.1. The maximum atomic E-state index is 12.7. The van der Waals surface area contributed by atoms with Crippen LogP contribution in [-0.4, -0.2) is 11.1 Å². The predicted molar refractivity (Wildman–Crippen MR) is 179 cm³/mol. The van der Waals surface area contributed by atoms with E-state index in [0.29, 0.717) is 12.8 Å². The first kappa shape index (κ1) is 37.9. The van der Waals surface area contributed by atoms with E-state index in [1.165, 1.54) is 60.8 Å². The van der Waals surface area contributed by atoms with E-state index >= 15 is 0 Å². The van der Waals surface area contributed by atoms with E-state index in [4.69, 9.17) is 0 Å². The third-order valence-corrected chi connectivity index (χ3v) is 7.67. The monoisotopic (exact) mass is 552 g/mol. The number of unbranched alkanes of at least 4 members (excludes halogenated alkanes) is 7. The van der Waals surface area contributed by atoms with Gasteiger partial charge >= 0.3 is 5.97 Å². The van der Waals surface area contributed by atoms with Gasteiger partial charge in [0.05, 0.1) is 5.41 Å². The van der Waals surface area contributed by atoms with Crippen molar-refractivity contribution >= 4 is 5.97 Å². The smallest absolute Gasteiger partial charge is 0.310 e. The topological polar surface area (TPSA) is 37.3 Å². The molecule has 0 radical (unpaired) electrons. The van der Waals surface area contributed by atoms with E-state index in [-0.39, 0.29) is 0 Å². The van der Waals surface area contributed by atoms with Gasteiger partial charge in [0.2, 0.25) is 0 Å². The molecule has 2 heteroatoms. The summed E-state index contributed by atoms with van der Waals surface area (Å²) in [5.41, 5.74) is 4.57. The van der Waals surface area contributed by atoms with Gasteiger partial charge in [-0.2, -0.15) is 0 Å². The molecule has 0 rings (SSSR count). The molecule has 0 heterocycles. The highest BCUT2D eigenvalue weighted by atomic mass is 16.4. The Bertz CT molecular complexity index is 799. The van der Waals surface area contributed by atoms with Crippen LogP contribution in [0.5, 0.6) is 0 Å². The highest BCUT2D eigenvalue weighted by Gasteiger charge is 2.36. The zero-order chi connectivity index (χ0) is 30.1. The van der Waals surface area contributed by atoms with E-state index in [2.05, 4.69) is 97.1 Å². The van der Waals surface area contributed by atoms with Gasteiger partial charge in [-0.3, -0.25) is 4.79 Å². The summed E-state index contributed by atoms with van der Waals surface area (Å²) in [5, 5.41) is 10.5. The summed E-state index contributed by atoms with van der Waals surface area (Å²) in [6.45, 7) is 15.1. The van der Waals surface area contributed by atoms with Crippen molar-refractivity contribution in [3.05, 3.63) is 70.9 Å². The second kappa shape index (κ2) is 24.7. The molecule has 0 aliphatic rings. The van der Waals surface area contributed by atoms with Crippen LogP contribution in [0.25, 0.3) is 0 Å². The fourth-order valence-electron chi connectivity index (χ4n) is 4.79. The van der Waals surface area contributed by atoms with Gasteiger partial charge in [-0.1, -0.05) is 110 Å². The van der Waals surface area contributed by atoms with Gasteiger partial charge in [-0.25, -0.2) is 0 Å². The number of carboxylic acid groups (broad SMARTS) is 1. The molecule has 0 aromatic rings. The predicted octanol–water partition coefficient (Wildman–Crippen LogP) is 12.6. The summed E-state index contributed by atoms with van der Waals surface area (Å²) in [6, 6.07) is 0. The Morgan fingerprint density at radius 3 is 1.52 bits per heavy atom. The number of carboxylic acids is 1. The summed E-state index contributed by atoms with van der Waals surface area (Å²) in [5.74, 6) is -0.639. The third kappa shape index (κ3) is 21.7. The van der Waals surface area contributed by atoms with Crippen LogP contribution in [0.3, 0.4) is 0 Å². The Kier molecular flexibility index (Phi) is 23.4. The zero-order valence-corrected chi connectivity index (χ0v) is 27.5. The van der Waals surface area contributed by atoms with Crippen LogP contribution in [0.15, 0.2) is 70.9 Å². The second-order valence-corrected chi connectivity index (χ2v) is 12.4. The third-order valence-electron chi connectivity index (χ3n) is 7.67. The quantitative estimate of drug-likeness (QED) is 0.0955. The molecule has 0 amide bonds. The van der Waals surface area contributed by atoms with Crippen LogP contribution in [0.4, 0.5) is 0 Å². The van der Waals surface area contributed by atoms with E-state index in [9.17, 15) is 9.90 Å². The molecule has 0 unspecified atom stereocenters. The van der Waals surface area contributed by atoms with Crippen LogP contribution in [-0.2, 0) is 4.79 Å². The molecule has 2 nitrogen and oxygen atoms in total. The second-order valence-electron chi connectivity index (χ2n) is 12.4. The molecule has 0 aromatic carbocycles. The lowest BCUT2D eigenvalue weighted by Crippen LogP contribution is -2.30. The molecule has 0 saturated heterocycles. The molecule has 0 aromatic heterocycles. The number of allylic oxidation sites excluding steroid dienone is 12. The normalized spacial score (nSPS) is 14.1. The van der Waals surface area contributed by atoms with E-state index in [1.54, 1.807) is 0 Å². The lowest BCUT2D eigenvalue weighted by molar-refractivity contribution is -0.149. The average molecular weight is 553 g/mol. The first-order valence-electron chi connectivity index (χ1n) is 16.2. The van der Waals surface area contributed by atoms with E-state index in [1.807, 2.05) is 0 Å². The Morgan fingerprint density at radius 2 is 1.07 bits per heavy atom. The zero-order valence-electron chi connectivity index (χ0n) is 27.5. The molecule has 0 aliphatic heterocycles. The summed E-state index contributed by atoms with van der Waals surface area (Å²) in [6.07, 6.45) is 35.9. The van der Waals surface area contributed by atoms with Gasteiger partial charge in [0.25, 0.3) is 0 Å². The Labute approximate surface area is 249 Å². The van der Waals surface area contributed by atoms with Gasteiger partial charge < -0.3 is 5.11 Å².